The van der Waals surface area contributed by atoms with Crippen LogP contribution in [0, 0.1) is 5.92 Å². The van der Waals surface area contributed by atoms with Crippen LogP contribution in [0.5, 0.6) is 17.2 Å². The fourth-order valence-electron chi connectivity index (χ4n) is 4.11. The molecule has 4 N–H and O–H groups in total. The zero-order valence-electron chi connectivity index (χ0n) is 14.3. The highest BCUT2D eigenvalue weighted by Crippen LogP contribution is 2.48. The molecule has 0 saturated heterocycles. The molecule has 0 aromatic heterocycles. The van der Waals surface area contributed by atoms with Crippen molar-refractivity contribution in [1.29, 1.82) is 0 Å². The SMILES string of the molecule is O=C(O)C1CCCC(c2c3ccc(=O)c(O)c-3oc3c(O)c(O)ccc23)C1. The van der Waals surface area contributed by atoms with Crippen LogP contribution in [0.1, 0.15) is 37.2 Å². The van der Waals surface area contributed by atoms with Crippen molar-refractivity contribution >= 4 is 16.9 Å². The number of hydrogen-bond acceptors (Lipinski definition) is 6. The summed E-state index contributed by atoms with van der Waals surface area (Å²) in [7, 11) is 0. The van der Waals surface area contributed by atoms with Gasteiger partial charge in [-0.1, -0.05) is 6.42 Å². The maximum absolute atomic E-state index is 11.9. The van der Waals surface area contributed by atoms with E-state index in [0.29, 0.717) is 29.4 Å². The average molecular weight is 370 g/mol. The molecule has 2 atom stereocenters. The van der Waals surface area contributed by atoms with Crippen LogP contribution < -0.4 is 5.43 Å². The van der Waals surface area contributed by atoms with Crippen molar-refractivity contribution in [3.05, 3.63) is 40.1 Å². The topological polar surface area (TPSA) is 128 Å². The lowest BCUT2D eigenvalue weighted by molar-refractivity contribution is -0.142. The Morgan fingerprint density at radius 1 is 1.04 bits per heavy atom. The molecule has 27 heavy (non-hydrogen) atoms. The van der Waals surface area contributed by atoms with Gasteiger partial charge in [-0.05, 0) is 55.0 Å². The van der Waals surface area contributed by atoms with E-state index in [1.807, 2.05) is 0 Å². The number of carboxylic acids is 1. The van der Waals surface area contributed by atoms with Gasteiger partial charge in [-0.25, -0.2) is 0 Å². The number of fused-ring (bicyclic) bond motifs is 2. The number of rotatable bonds is 2. The van der Waals surface area contributed by atoms with Gasteiger partial charge in [-0.15, -0.1) is 0 Å². The number of hydrogen-bond donors (Lipinski definition) is 4. The first kappa shape index (κ1) is 17.2. The second-order valence-corrected chi connectivity index (χ2v) is 7.01. The molecular weight excluding hydrogens is 352 g/mol. The molecule has 7 nitrogen and oxygen atoms in total. The normalized spacial score (nSPS) is 20.1. The Balaban J connectivity index is 2.04. The van der Waals surface area contributed by atoms with Crippen molar-refractivity contribution in [2.24, 2.45) is 5.92 Å². The number of aliphatic carboxylic acids is 1. The first-order valence-corrected chi connectivity index (χ1v) is 8.74. The molecule has 1 heterocycles. The Kier molecular flexibility index (Phi) is 3.95. The van der Waals surface area contributed by atoms with E-state index >= 15 is 0 Å². The zero-order chi connectivity index (χ0) is 19.3. The largest absolute Gasteiger partial charge is 0.504 e. The Bertz CT molecular complexity index is 1080. The lowest BCUT2D eigenvalue weighted by Crippen LogP contribution is -2.22. The van der Waals surface area contributed by atoms with Gasteiger partial charge in [0.2, 0.25) is 16.9 Å². The summed E-state index contributed by atoms with van der Waals surface area (Å²) in [5.74, 6) is -3.02. The van der Waals surface area contributed by atoms with E-state index in [2.05, 4.69) is 0 Å². The van der Waals surface area contributed by atoms with Crippen LogP contribution in [0.4, 0.5) is 0 Å². The third-order valence-electron chi connectivity index (χ3n) is 5.42. The summed E-state index contributed by atoms with van der Waals surface area (Å²) in [5, 5.41) is 40.2. The molecule has 1 aromatic rings. The average Bonchev–Trinajstić information content (AvgIpc) is 2.66. The van der Waals surface area contributed by atoms with E-state index in [1.54, 1.807) is 12.1 Å². The predicted octanol–water partition coefficient (Wildman–Crippen LogP) is 3.37. The third-order valence-corrected chi connectivity index (χ3v) is 5.42. The van der Waals surface area contributed by atoms with Crippen molar-refractivity contribution < 1.29 is 29.6 Å². The number of phenolic OH excluding ortho intramolecular Hbond substituents is 3. The van der Waals surface area contributed by atoms with Gasteiger partial charge in [0.05, 0.1) is 5.92 Å². The molecule has 1 fully saturated rings. The van der Waals surface area contributed by atoms with Crippen LogP contribution in [0.2, 0.25) is 0 Å². The van der Waals surface area contributed by atoms with Crippen LogP contribution >= 0.6 is 0 Å². The minimum absolute atomic E-state index is 0.0455. The Morgan fingerprint density at radius 3 is 2.56 bits per heavy atom. The van der Waals surface area contributed by atoms with Gasteiger partial charge in [0.1, 0.15) is 0 Å². The Morgan fingerprint density at radius 2 is 1.81 bits per heavy atom. The van der Waals surface area contributed by atoms with Gasteiger partial charge in [-0.3, -0.25) is 9.59 Å². The lowest BCUT2D eigenvalue weighted by atomic mass is 9.75. The van der Waals surface area contributed by atoms with E-state index in [4.69, 9.17) is 4.42 Å². The summed E-state index contributed by atoms with van der Waals surface area (Å²) in [6.45, 7) is 0. The van der Waals surface area contributed by atoms with Crippen molar-refractivity contribution in [1.82, 2.24) is 0 Å². The quantitative estimate of drug-likeness (QED) is 0.402. The highest BCUT2D eigenvalue weighted by Gasteiger charge is 2.33. The standard InChI is InChI=1S/C20H18O7/c21-13-6-4-11-15(9-2-1-3-10(8-9)20(25)26)12-5-7-14(22)17(24)19(12)27-18(11)16(13)23/h4-7,9-10,21,23-24H,1-3,8H2,(H,25,26). The minimum atomic E-state index is -0.848. The zero-order valence-corrected chi connectivity index (χ0v) is 14.3. The Labute approximate surface area is 153 Å². The molecule has 0 spiro atoms. The van der Waals surface area contributed by atoms with E-state index < -0.39 is 28.8 Å². The molecule has 3 aliphatic rings. The summed E-state index contributed by atoms with van der Waals surface area (Å²) >= 11 is 0. The van der Waals surface area contributed by atoms with Crippen molar-refractivity contribution in [3.63, 3.8) is 0 Å². The molecule has 1 saturated carbocycles. The molecule has 4 rings (SSSR count). The van der Waals surface area contributed by atoms with Crippen molar-refractivity contribution in [2.75, 3.05) is 0 Å². The molecule has 2 unspecified atom stereocenters. The van der Waals surface area contributed by atoms with Crippen molar-refractivity contribution in [3.8, 4) is 28.6 Å². The van der Waals surface area contributed by atoms with Gasteiger partial charge in [0, 0.05) is 10.9 Å². The maximum Gasteiger partial charge on any atom is 0.306 e. The lowest BCUT2D eigenvalue weighted by Gasteiger charge is -2.29. The number of carboxylic acid groups (broad SMARTS) is 1. The van der Waals surface area contributed by atoms with Crippen LogP contribution in [-0.4, -0.2) is 26.4 Å². The second-order valence-electron chi connectivity index (χ2n) is 7.01. The minimum Gasteiger partial charge on any atom is -0.504 e. The smallest absolute Gasteiger partial charge is 0.306 e. The summed E-state index contributed by atoms with van der Waals surface area (Å²) in [6.07, 6.45) is 2.47. The first-order valence-electron chi connectivity index (χ1n) is 8.74. The van der Waals surface area contributed by atoms with E-state index in [0.717, 1.165) is 12.8 Å². The molecule has 7 heteroatoms. The van der Waals surface area contributed by atoms with Crippen LogP contribution in [0.25, 0.3) is 22.3 Å². The number of carbonyl (C=O) groups is 1. The van der Waals surface area contributed by atoms with Crippen molar-refractivity contribution in [2.45, 2.75) is 31.6 Å². The molecule has 0 bridgehead atoms. The first-order chi connectivity index (χ1) is 12.9. The fourth-order valence-corrected chi connectivity index (χ4v) is 4.11. The predicted molar refractivity (Wildman–Crippen MR) is 96.4 cm³/mol. The molecular formula is C20H18O7. The summed E-state index contributed by atoms with van der Waals surface area (Å²) in [6, 6.07) is 5.71. The van der Waals surface area contributed by atoms with E-state index in [-0.39, 0.29) is 23.0 Å². The monoisotopic (exact) mass is 370 g/mol. The van der Waals surface area contributed by atoms with E-state index in [9.17, 15) is 30.0 Å². The summed E-state index contributed by atoms with van der Waals surface area (Å²) in [5.41, 5.74) is 0.544. The number of phenols is 3. The van der Waals surface area contributed by atoms with Crippen LogP contribution in [-0.2, 0) is 4.79 Å². The molecule has 2 aliphatic carbocycles. The summed E-state index contributed by atoms with van der Waals surface area (Å²) in [4.78, 5) is 23.3. The molecule has 0 amide bonds. The maximum atomic E-state index is 11.9. The van der Waals surface area contributed by atoms with Gasteiger partial charge < -0.3 is 24.8 Å². The van der Waals surface area contributed by atoms with Gasteiger partial charge in [0.15, 0.2) is 17.1 Å². The van der Waals surface area contributed by atoms with Crippen LogP contribution in [0.3, 0.4) is 0 Å². The van der Waals surface area contributed by atoms with Crippen LogP contribution in [0.15, 0.2) is 33.5 Å². The molecule has 0 radical (unpaired) electrons. The molecule has 140 valence electrons. The molecule has 1 aromatic carbocycles. The second kappa shape index (κ2) is 6.19. The number of benzene rings is 2. The highest BCUT2D eigenvalue weighted by atomic mass is 16.4. The van der Waals surface area contributed by atoms with E-state index in [1.165, 1.54) is 12.1 Å². The number of aromatic hydroxyl groups is 3. The third kappa shape index (κ3) is 2.66. The Hall–Kier alpha value is -3.22. The fraction of sp³-hybridized carbons (Fsp3) is 0.300. The highest BCUT2D eigenvalue weighted by molar-refractivity contribution is 5.94. The van der Waals surface area contributed by atoms with Gasteiger partial charge in [-0.2, -0.15) is 0 Å². The van der Waals surface area contributed by atoms with Gasteiger partial charge >= 0.3 is 5.97 Å². The summed E-state index contributed by atoms with van der Waals surface area (Å²) < 4.78 is 5.60. The molecule has 1 aliphatic heterocycles. The van der Waals surface area contributed by atoms with Gasteiger partial charge in [0.25, 0.3) is 0 Å².